The maximum absolute atomic E-state index is 13.2. The molecule has 3 rings (SSSR count). The number of aliphatic hydroxyl groups is 1. The first-order valence-electron chi connectivity index (χ1n) is 7.87. The Morgan fingerprint density at radius 1 is 1.30 bits per heavy atom. The third kappa shape index (κ3) is 4.58. The Bertz CT molecular complexity index is 623. The molecule has 1 N–H and O–H groups in total. The largest absolute Gasteiger partial charge is 0.387 e. The third-order valence-electron chi connectivity index (χ3n) is 4.13. The summed E-state index contributed by atoms with van der Waals surface area (Å²) in [5, 5.41) is 10.2. The summed E-state index contributed by atoms with van der Waals surface area (Å²) in [6.45, 7) is 2.75. The van der Waals surface area contributed by atoms with E-state index >= 15 is 0 Å². The van der Waals surface area contributed by atoms with Crippen LogP contribution in [0.3, 0.4) is 0 Å². The van der Waals surface area contributed by atoms with Gasteiger partial charge in [0.25, 0.3) is 0 Å². The van der Waals surface area contributed by atoms with Gasteiger partial charge in [0.05, 0.1) is 18.8 Å². The Morgan fingerprint density at radius 2 is 2.13 bits per heavy atom. The molecule has 0 amide bonds. The predicted octanol–water partition coefficient (Wildman–Crippen LogP) is 2.55. The molecule has 2 aromatic rings. The SMILES string of the molecule is OC(CN1CCC(OCc2ccncc2)C1)c1cccc(F)c1. The first kappa shape index (κ1) is 16.1. The number of hydrogen-bond acceptors (Lipinski definition) is 4. The van der Waals surface area contributed by atoms with Gasteiger partial charge in [-0.05, 0) is 41.8 Å². The molecular formula is C18H21FN2O2. The number of halogens is 1. The van der Waals surface area contributed by atoms with Gasteiger partial charge in [0.1, 0.15) is 5.82 Å². The smallest absolute Gasteiger partial charge is 0.123 e. The van der Waals surface area contributed by atoms with Crippen molar-refractivity contribution in [2.24, 2.45) is 0 Å². The van der Waals surface area contributed by atoms with Crippen LogP contribution >= 0.6 is 0 Å². The minimum atomic E-state index is -0.676. The van der Waals surface area contributed by atoms with Crippen molar-refractivity contribution in [1.82, 2.24) is 9.88 Å². The van der Waals surface area contributed by atoms with Crippen LogP contribution in [-0.4, -0.2) is 40.7 Å². The van der Waals surface area contributed by atoms with Crippen molar-refractivity contribution in [2.75, 3.05) is 19.6 Å². The van der Waals surface area contributed by atoms with Crippen LogP contribution in [0, 0.1) is 5.82 Å². The molecule has 1 aliphatic rings. The highest BCUT2D eigenvalue weighted by Crippen LogP contribution is 2.20. The Morgan fingerprint density at radius 3 is 2.91 bits per heavy atom. The summed E-state index contributed by atoms with van der Waals surface area (Å²) in [6, 6.07) is 10.0. The van der Waals surface area contributed by atoms with E-state index < -0.39 is 6.10 Å². The van der Waals surface area contributed by atoms with Gasteiger partial charge in [-0.1, -0.05) is 12.1 Å². The Labute approximate surface area is 135 Å². The van der Waals surface area contributed by atoms with Crippen molar-refractivity contribution in [2.45, 2.75) is 25.2 Å². The fourth-order valence-electron chi connectivity index (χ4n) is 2.86. The van der Waals surface area contributed by atoms with Crippen LogP contribution < -0.4 is 0 Å². The Kier molecular flexibility index (Phi) is 5.33. The van der Waals surface area contributed by atoms with Crippen LogP contribution in [0.25, 0.3) is 0 Å². The molecule has 2 unspecified atom stereocenters. The van der Waals surface area contributed by atoms with Gasteiger partial charge >= 0.3 is 0 Å². The van der Waals surface area contributed by atoms with E-state index in [4.69, 9.17) is 4.74 Å². The number of β-amino-alcohol motifs (C(OH)–C–C–N with tert-alkyl or cyclic N) is 1. The molecule has 0 aliphatic carbocycles. The molecule has 1 aromatic heterocycles. The third-order valence-corrected chi connectivity index (χ3v) is 4.13. The minimum absolute atomic E-state index is 0.169. The van der Waals surface area contributed by atoms with Crippen molar-refractivity contribution in [3.05, 3.63) is 65.7 Å². The van der Waals surface area contributed by atoms with Gasteiger partial charge in [-0.3, -0.25) is 9.88 Å². The zero-order chi connectivity index (χ0) is 16.1. The number of hydrogen-bond donors (Lipinski definition) is 1. The van der Waals surface area contributed by atoms with Gasteiger partial charge in [-0.2, -0.15) is 0 Å². The first-order chi connectivity index (χ1) is 11.2. The van der Waals surface area contributed by atoms with Gasteiger partial charge < -0.3 is 9.84 Å². The summed E-state index contributed by atoms with van der Waals surface area (Å²) in [7, 11) is 0. The quantitative estimate of drug-likeness (QED) is 0.889. The normalized spacial score (nSPS) is 19.8. The molecule has 4 nitrogen and oxygen atoms in total. The van der Waals surface area contributed by atoms with Gasteiger partial charge in [-0.15, -0.1) is 0 Å². The lowest BCUT2D eigenvalue weighted by atomic mass is 10.1. The lowest BCUT2D eigenvalue weighted by molar-refractivity contribution is 0.0416. The van der Waals surface area contributed by atoms with Crippen LogP contribution in [0.2, 0.25) is 0 Å². The molecule has 0 bridgehead atoms. The van der Waals surface area contributed by atoms with E-state index in [0.717, 1.165) is 25.1 Å². The van der Waals surface area contributed by atoms with E-state index in [1.807, 2.05) is 12.1 Å². The van der Waals surface area contributed by atoms with Crippen molar-refractivity contribution >= 4 is 0 Å². The molecule has 0 radical (unpaired) electrons. The van der Waals surface area contributed by atoms with E-state index in [9.17, 15) is 9.50 Å². The fraction of sp³-hybridized carbons (Fsp3) is 0.389. The lowest BCUT2D eigenvalue weighted by Gasteiger charge is -2.20. The number of nitrogens with zero attached hydrogens (tertiary/aromatic N) is 2. The van der Waals surface area contributed by atoms with Crippen molar-refractivity contribution in [3.63, 3.8) is 0 Å². The van der Waals surface area contributed by atoms with E-state index in [1.54, 1.807) is 24.5 Å². The topological polar surface area (TPSA) is 45.6 Å². The second-order valence-electron chi connectivity index (χ2n) is 5.91. The van der Waals surface area contributed by atoms with Crippen molar-refractivity contribution < 1.29 is 14.2 Å². The van der Waals surface area contributed by atoms with Crippen LogP contribution in [-0.2, 0) is 11.3 Å². The second kappa shape index (κ2) is 7.64. The highest BCUT2D eigenvalue weighted by molar-refractivity contribution is 5.19. The number of aliphatic hydroxyl groups excluding tert-OH is 1. The summed E-state index contributed by atoms with van der Waals surface area (Å²) >= 11 is 0. The predicted molar refractivity (Wildman–Crippen MR) is 85.2 cm³/mol. The number of pyridine rings is 1. The lowest BCUT2D eigenvalue weighted by Crippen LogP contribution is -2.28. The second-order valence-corrected chi connectivity index (χ2v) is 5.91. The molecule has 1 aromatic carbocycles. The summed E-state index contributed by atoms with van der Waals surface area (Å²) in [5.41, 5.74) is 1.73. The van der Waals surface area contributed by atoms with Gasteiger partial charge in [0, 0.05) is 32.0 Å². The van der Waals surface area contributed by atoms with E-state index in [0.29, 0.717) is 18.7 Å². The molecular weight excluding hydrogens is 295 g/mol. The zero-order valence-electron chi connectivity index (χ0n) is 12.9. The van der Waals surface area contributed by atoms with E-state index in [-0.39, 0.29) is 11.9 Å². The number of ether oxygens (including phenoxy) is 1. The molecule has 1 fully saturated rings. The summed E-state index contributed by atoms with van der Waals surface area (Å²) in [5.74, 6) is -0.318. The highest BCUT2D eigenvalue weighted by Gasteiger charge is 2.25. The molecule has 5 heteroatoms. The van der Waals surface area contributed by atoms with Gasteiger partial charge in [0.15, 0.2) is 0 Å². The maximum Gasteiger partial charge on any atom is 0.123 e. The molecule has 0 saturated carbocycles. The van der Waals surface area contributed by atoms with Crippen LogP contribution in [0.1, 0.15) is 23.7 Å². The molecule has 1 aliphatic heterocycles. The molecule has 122 valence electrons. The monoisotopic (exact) mass is 316 g/mol. The van der Waals surface area contributed by atoms with Crippen LogP contribution in [0.5, 0.6) is 0 Å². The first-order valence-corrected chi connectivity index (χ1v) is 7.87. The Balaban J connectivity index is 1.46. The number of likely N-dealkylation sites (tertiary alicyclic amines) is 1. The average Bonchev–Trinajstić information content (AvgIpc) is 3.01. The molecule has 1 saturated heterocycles. The average molecular weight is 316 g/mol. The Hall–Kier alpha value is -1.82. The number of rotatable bonds is 6. The van der Waals surface area contributed by atoms with Gasteiger partial charge in [-0.25, -0.2) is 4.39 Å². The highest BCUT2D eigenvalue weighted by atomic mass is 19.1. The standard InChI is InChI=1S/C18H21FN2O2/c19-16-3-1-2-15(10-16)18(22)12-21-9-6-17(11-21)23-13-14-4-7-20-8-5-14/h1-5,7-8,10,17-18,22H,6,9,11-13H2. The number of aromatic nitrogens is 1. The molecule has 0 spiro atoms. The van der Waals surface area contributed by atoms with Gasteiger partial charge in [0.2, 0.25) is 0 Å². The maximum atomic E-state index is 13.2. The molecule has 2 heterocycles. The minimum Gasteiger partial charge on any atom is -0.387 e. The summed E-state index contributed by atoms with van der Waals surface area (Å²) in [6.07, 6.45) is 3.96. The van der Waals surface area contributed by atoms with Crippen molar-refractivity contribution in [1.29, 1.82) is 0 Å². The summed E-state index contributed by atoms with van der Waals surface area (Å²) in [4.78, 5) is 6.15. The molecule has 2 atom stereocenters. The van der Waals surface area contributed by atoms with Crippen LogP contribution in [0.4, 0.5) is 4.39 Å². The van der Waals surface area contributed by atoms with Crippen molar-refractivity contribution in [3.8, 4) is 0 Å². The molecule has 23 heavy (non-hydrogen) atoms. The van der Waals surface area contributed by atoms with E-state index in [2.05, 4.69) is 9.88 Å². The van der Waals surface area contributed by atoms with E-state index in [1.165, 1.54) is 12.1 Å². The fourth-order valence-corrected chi connectivity index (χ4v) is 2.86. The number of benzene rings is 1. The summed E-state index contributed by atoms with van der Waals surface area (Å²) < 4.78 is 19.1. The van der Waals surface area contributed by atoms with Crippen LogP contribution in [0.15, 0.2) is 48.8 Å². The zero-order valence-corrected chi connectivity index (χ0v) is 12.9.